The number of aromatic nitrogens is 1. The predicted octanol–water partition coefficient (Wildman–Crippen LogP) is 5.92. The number of fused-ring (bicyclic) bond motifs is 1. The Kier molecular flexibility index (Phi) is 7.01. The Morgan fingerprint density at radius 3 is 2.32 bits per heavy atom. The van der Waals surface area contributed by atoms with E-state index in [1.54, 1.807) is 48.5 Å². The second-order valence-electron chi connectivity index (χ2n) is 7.05. The number of rotatable bonds is 4. The van der Waals surface area contributed by atoms with Gasteiger partial charge in [0.05, 0.1) is 11.2 Å². The van der Waals surface area contributed by atoms with Gasteiger partial charge in [-0.15, -0.1) is 0 Å². The van der Waals surface area contributed by atoms with E-state index in [4.69, 9.17) is 11.6 Å². The Balaban J connectivity index is 1.63. The molecule has 0 unspecified atom stereocenters. The molecular weight excluding hydrogens is 595 g/mol. The van der Waals surface area contributed by atoms with Gasteiger partial charge in [0, 0.05) is 25.0 Å². The lowest BCUT2D eigenvalue weighted by atomic mass is 10.2. The van der Waals surface area contributed by atoms with Gasteiger partial charge in [0.15, 0.2) is 0 Å². The highest BCUT2D eigenvalue weighted by molar-refractivity contribution is 9.10. The Hall–Kier alpha value is -3.21. The number of hydrogen-bond donors (Lipinski definition) is 3. The number of carbonyl (C=O) groups is 3. The Morgan fingerprint density at radius 1 is 0.853 bits per heavy atom. The van der Waals surface area contributed by atoms with Gasteiger partial charge in [-0.1, -0.05) is 49.5 Å². The van der Waals surface area contributed by atoms with E-state index >= 15 is 0 Å². The van der Waals surface area contributed by atoms with Crippen LogP contribution in [0.5, 0.6) is 0 Å². The van der Waals surface area contributed by atoms with Crippen LogP contribution in [0.4, 0.5) is 15.8 Å². The number of benzene rings is 3. The molecule has 34 heavy (non-hydrogen) atoms. The highest BCUT2D eigenvalue weighted by Crippen LogP contribution is 2.25. The maximum Gasteiger partial charge on any atom is 0.328 e. The van der Waals surface area contributed by atoms with Crippen LogP contribution in [0.15, 0.2) is 75.7 Å². The number of anilines is 2. The molecule has 172 valence electrons. The summed E-state index contributed by atoms with van der Waals surface area (Å²) in [7, 11) is 0. The second-order valence-corrected chi connectivity index (χ2v) is 9.32. The lowest BCUT2D eigenvalue weighted by molar-refractivity contribution is -0.133. The van der Waals surface area contributed by atoms with Crippen LogP contribution in [0.2, 0.25) is 5.02 Å². The van der Waals surface area contributed by atoms with E-state index in [2.05, 4.69) is 47.9 Å². The average molecular weight is 609 g/mol. The van der Waals surface area contributed by atoms with Gasteiger partial charge in [-0.3, -0.25) is 19.8 Å². The molecule has 0 saturated heterocycles. The molecule has 0 aliphatic carbocycles. The first-order valence-electron chi connectivity index (χ1n) is 9.66. The first kappa shape index (κ1) is 23.9. The summed E-state index contributed by atoms with van der Waals surface area (Å²) in [6.07, 6.45) is 0. The molecule has 0 saturated carbocycles. The van der Waals surface area contributed by atoms with Gasteiger partial charge in [-0.2, -0.15) is 0 Å². The molecule has 4 rings (SSSR count). The number of nitrogens with one attached hydrogen (secondary N) is 3. The molecule has 0 bridgehead atoms. The minimum absolute atomic E-state index is 0.0593. The zero-order chi connectivity index (χ0) is 24.4. The minimum Gasteiger partial charge on any atom is -0.321 e. The summed E-state index contributed by atoms with van der Waals surface area (Å²) >= 11 is 12.5. The van der Waals surface area contributed by atoms with Crippen molar-refractivity contribution in [3.63, 3.8) is 0 Å². The van der Waals surface area contributed by atoms with Crippen molar-refractivity contribution in [1.82, 2.24) is 4.68 Å². The summed E-state index contributed by atoms with van der Waals surface area (Å²) in [5.41, 5.74) is 3.23. The molecule has 0 fully saturated rings. The van der Waals surface area contributed by atoms with Gasteiger partial charge in [-0.25, -0.2) is 9.07 Å². The van der Waals surface area contributed by atoms with Gasteiger partial charge in [0.2, 0.25) is 0 Å². The van der Waals surface area contributed by atoms with Gasteiger partial charge in [-0.05, 0) is 60.7 Å². The lowest BCUT2D eigenvalue weighted by Crippen LogP contribution is -2.36. The molecule has 0 atom stereocenters. The molecule has 1 aromatic heterocycles. The SMILES string of the molecule is O=C(Nc1ccc(Br)cc1F)C(=O)Nn1c(C(=O)Nc2cccc(Cl)c2)cc2cc(Br)ccc21. The third-order valence-electron chi connectivity index (χ3n) is 4.68. The first-order chi connectivity index (χ1) is 16.2. The molecule has 11 heteroatoms. The predicted molar refractivity (Wildman–Crippen MR) is 136 cm³/mol. The molecule has 3 N–H and O–H groups in total. The summed E-state index contributed by atoms with van der Waals surface area (Å²) < 4.78 is 16.5. The van der Waals surface area contributed by atoms with E-state index in [1.807, 2.05) is 0 Å². The van der Waals surface area contributed by atoms with Crippen LogP contribution in [0.25, 0.3) is 10.9 Å². The molecule has 1 heterocycles. The van der Waals surface area contributed by atoms with Gasteiger partial charge in [0.1, 0.15) is 11.5 Å². The van der Waals surface area contributed by atoms with Crippen LogP contribution >= 0.6 is 43.5 Å². The van der Waals surface area contributed by atoms with Crippen LogP contribution in [0.3, 0.4) is 0 Å². The van der Waals surface area contributed by atoms with Crippen molar-refractivity contribution in [1.29, 1.82) is 0 Å². The van der Waals surface area contributed by atoms with Crippen molar-refractivity contribution >= 4 is 83.5 Å². The van der Waals surface area contributed by atoms with Crippen LogP contribution < -0.4 is 16.1 Å². The first-order valence-corrected chi connectivity index (χ1v) is 11.6. The van der Waals surface area contributed by atoms with E-state index in [1.165, 1.54) is 16.8 Å². The summed E-state index contributed by atoms with van der Waals surface area (Å²) in [5, 5.41) is 5.99. The minimum atomic E-state index is -1.11. The molecule has 0 spiro atoms. The van der Waals surface area contributed by atoms with Crippen molar-refractivity contribution in [2.75, 3.05) is 16.1 Å². The van der Waals surface area contributed by atoms with Crippen LogP contribution in [0.1, 0.15) is 10.5 Å². The Morgan fingerprint density at radius 2 is 1.59 bits per heavy atom. The zero-order valence-electron chi connectivity index (χ0n) is 17.0. The topological polar surface area (TPSA) is 92.2 Å². The summed E-state index contributed by atoms with van der Waals surface area (Å²) in [6.45, 7) is 0. The van der Waals surface area contributed by atoms with E-state index in [0.717, 1.165) is 10.5 Å². The smallest absolute Gasteiger partial charge is 0.321 e. The normalized spacial score (nSPS) is 10.7. The van der Waals surface area contributed by atoms with E-state index < -0.39 is 23.5 Å². The number of nitrogens with zero attached hydrogens (tertiary/aromatic N) is 1. The molecule has 0 aliphatic rings. The Bertz CT molecular complexity index is 1460. The van der Waals surface area contributed by atoms with Crippen LogP contribution in [-0.4, -0.2) is 22.4 Å². The average Bonchev–Trinajstić information content (AvgIpc) is 3.13. The number of hydrogen-bond acceptors (Lipinski definition) is 3. The van der Waals surface area contributed by atoms with Gasteiger partial charge < -0.3 is 10.6 Å². The third kappa shape index (κ3) is 5.30. The van der Waals surface area contributed by atoms with Crippen molar-refractivity contribution < 1.29 is 18.8 Å². The highest BCUT2D eigenvalue weighted by Gasteiger charge is 2.22. The van der Waals surface area contributed by atoms with Crippen molar-refractivity contribution in [2.45, 2.75) is 0 Å². The van der Waals surface area contributed by atoms with Crippen molar-refractivity contribution in [2.24, 2.45) is 0 Å². The number of amides is 3. The fourth-order valence-corrected chi connectivity index (χ4v) is 4.06. The fourth-order valence-electron chi connectivity index (χ4n) is 3.16. The largest absolute Gasteiger partial charge is 0.328 e. The molecule has 7 nitrogen and oxygen atoms in total. The summed E-state index contributed by atoms with van der Waals surface area (Å²) in [6, 6.07) is 17.3. The highest BCUT2D eigenvalue weighted by atomic mass is 79.9. The molecule has 3 amide bonds. The lowest BCUT2D eigenvalue weighted by Gasteiger charge is -2.13. The molecule has 3 aromatic carbocycles. The number of carbonyl (C=O) groups excluding carboxylic acids is 3. The van der Waals surface area contributed by atoms with Gasteiger partial charge >= 0.3 is 11.8 Å². The summed E-state index contributed by atoms with van der Waals surface area (Å²) in [4.78, 5) is 38.1. The fraction of sp³-hybridized carbons (Fsp3) is 0. The van der Waals surface area contributed by atoms with Crippen molar-refractivity contribution in [3.8, 4) is 0 Å². The van der Waals surface area contributed by atoms with E-state index in [-0.39, 0.29) is 11.4 Å². The standard InChI is InChI=1S/C23H14Br2ClFN4O3/c24-13-5-7-19-12(8-13)9-20(21(32)28-16-3-1-2-15(26)11-16)31(19)30-23(34)22(33)29-18-6-4-14(25)10-17(18)27/h1-11H,(H,28,32)(H,29,33)(H,30,34). The van der Waals surface area contributed by atoms with E-state index in [9.17, 15) is 18.8 Å². The maximum atomic E-state index is 14.1. The molecular formula is C23H14Br2ClFN4O3. The zero-order valence-corrected chi connectivity index (χ0v) is 21.0. The van der Waals surface area contributed by atoms with Crippen molar-refractivity contribution in [3.05, 3.63) is 92.2 Å². The molecule has 4 aromatic rings. The summed E-state index contributed by atoms with van der Waals surface area (Å²) in [5.74, 6) is -3.47. The van der Waals surface area contributed by atoms with Crippen LogP contribution in [0, 0.1) is 5.82 Å². The quantitative estimate of drug-likeness (QED) is 0.251. The van der Waals surface area contributed by atoms with Crippen LogP contribution in [-0.2, 0) is 9.59 Å². The number of halogens is 4. The van der Waals surface area contributed by atoms with Gasteiger partial charge in [0.25, 0.3) is 5.91 Å². The van der Waals surface area contributed by atoms with E-state index in [0.29, 0.717) is 26.1 Å². The Labute approximate surface area is 214 Å². The monoisotopic (exact) mass is 606 g/mol. The second kappa shape index (κ2) is 9.96. The maximum absolute atomic E-state index is 14.1. The molecule has 0 aliphatic heterocycles. The molecule has 0 radical (unpaired) electrons. The third-order valence-corrected chi connectivity index (χ3v) is 5.90.